The first-order valence-electron chi connectivity index (χ1n) is 4.15. The standard InChI is InChI=1S/C9H12N2O/c1-7-5-8(11(2)10-7)9(6-12)3-4-9/h5-6H,3-4H2,1-2H3. The molecule has 0 aliphatic heterocycles. The van der Waals surface area contributed by atoms with E-state index < -0.39 is 0 Å². The average Bonchev–Trinajstić information content (AvgIpc) is 2.74. The summed E-state index contributed by atoms with van der Waals surface area (Å²) >= 11 is 0. The molecule has 1 fully saturated rings. The quantitative estimate of drug-likeness (QED) is 0.610. The van der Waals surface area contributed by atoms with E-state index in [1.54, 1.807) is 0 Å². The molecule has 0 atom stereocenters. The molecule has 1 aliphatic carbocycles. The Balaban J connectivity index is 2.45. The molecule has 0 spiro atoms. The van der Waals surface area contributed by atoms with Gasteiger partial charge >= 0.3 is 0 Å². The van der Waals surface area contributed by atoms with Crippen molar-refractivity contribution in [3.05, 3.63) is 17.5 Å². The molecular weight excluding hydrogens is 152 g/mol. The molecule has 12 heavy (non-hydrogen) atoms. The van der Waals surface area contributed by atoms with Gasteiger partial charge in [-0.15, -0.1) is 0 Å². The SMILES string of the molecule is Cc1cc(C2(C=O)CC2)n(C)n1. The van der Waals surface area contributed by atoms with Crippen molar-refractivity contribution in [3.63, 3.8) is 0 Å². The predicted molar refractivity (Wildman–Crippen MR) is 44.9 cm³/mol. The zero-order valence-electron chi connectivity index (χ0n) is 7.37. The Hall–Kier alpha value is -1.12. The summed E-state index contributed by atoms with van der Waals surface area (Å²) in [7, 11) is 1.89. The van der Waals surface area contributed by atoms with Gasteiger partial charge < -0.3 is 4.79 Å². The van der Waals surface area contributed by atoms with E-state index >= 15 is 0 Å². The van der Waals surface area contributed by atoms with Gasteiger partial charge in [0.1, 0.15) is 6.29 Å². The number of hydrogen-bond acceptors (Lipinski definition) is 2. The molecule has 1 saturated carbocycles. The van der Waals surface area contributed by atoms with Crippen LogP contribution < -0.4 is 0 Å². The highest BCUT2D eigenvalue weighted by atomic mass is 16.1. The van der Waals surface area contributed by atoms with Gasteiger partial charge in [0, 0.05) is 7.05 Å². The molecule has 0 saturated heterocycles. The van der Waals surface area contributed by atoms with Crippen LogP contribution in [0.25, 0.3) is 0 Å². The van der Waals surface area contributed by atoms with Crippen LogP contribution >= 0.6 is 0 Å². The Morgan fingerprint density at radius 1 is 1.67 bits per heavy atom. The Labute approximate surface area is 71.4 Å². The summed E-state index contributed by atoms with van der Waals surface area (Å²) in [5.41, 5.74) is 1.87. The van der Waals surface area contributed by atoms with Gasteiger partial charge in [-0.2, -0.15) is 5.10 Å². The van der Waals surface area contributed by atoms with Crippen molar-refractivity contribution in [2.75, 3.05) is 0 Å². The van der Waals surface area contributed by atoms with Crippen LogP contribution in [0.15, 0.2) is 6.07 Å². The summed E-state index contributed by atoms with van der Waals surface area (Å²) in [6.45, 7) is 1.95. The summed E-state index contributed by atoms with van der Waals surface area (Å²) in [6, 6.07) is 2.00. The first-order valence-corrected chi connectivity index (χ1v) is 4.15. The zero-order chi connectivity index (χ0) is 8.77. The van der Waals surface area contributed by atoms with Crippen LogP contribution in [-0.4, -0.2) is 16.1 Å². The number of nitrogens with zero attached hydrogens (tertiary/aromatic N) is 2. The lowest BCUT2D eigenvalue weighted by molar-refractivity contribution is -0.110. The highest BCUT2D eigenvalue weighted by Gasteiger charge is 2.46. The lowest BCUT2D eigenvalue weighted by Gasteiger charge is -2.05. The normalized spacial score (nSPS) is 19.2. The van der Waals surface area contributed by atoms with Crippen molar-refractivity contribution in [1.29, 1.82) is 0 Å². The van der Waals surface area contributed by atoms with Crippen LogP contribution in [-0.2, 0) is 17.3 Å². The molecule has 1 aliphatic rings. The molecule has 1 heterocycles. The molecule has 0 radical (unpaired) electrons. The third kappa shape index (κ3) is 0.891. The van der Waals surface area contributed by atoms with E-state index in [1.165, 1.54) is 0 Å². The highest BCUT2D eigenvalue weighted by molar-refractivity contribution is 5.72. The summed E-state index contributed by atoms with van der Waals surface area (Å²) in [5, 5.41) is 4.22. The minimum atomic E-state index is -0.185. The second kappa shape index (κ2) is 2.19. The van der Waals surface area contributed by atoms with E-state index in [-0.39, 0.29) is 5.41 Å². The van der Waals surface area contributed by atoms with E-state index in [1.807, 2.05) is 24.7 Å². The predicted octanol–water partition coefficient (Wildman–Crippen LogP) is 0.959. The van der Waals surface area contributed by atoms with Crippen LogP contribution in [0, 0.1) is 6.92 Å². The molecule has 2 rings (SSSR count). The maximum atomic E-state index is 10.8. The fourth-order valence-electron chi connectivity index (χ4n) is 1.65. The number of carbonyl (C=O) groups is 1. The lowest BCUT2D eigenvalue weighted by atomic mass is 10.0. The second-order valence-corrected chi connectivity index (χ2v) is 3.57. The summed E-state index contributed by atoms with van der Waals surface area (Å²) < 4.78 is 1.82. The minimum absolute atomic E-state index is 0.185. The number of aromatic nitrogens is 2. The van der Waals surface area contributed by atoms with Crippen LogP contribution in [0.4, 0.5) is 0 Å². The minimum Gasteiger partial charge on any atom is -0.302 e. The van der Waals surface area contributed by atoms with Gasteiger partial charge in [-0.05, 0) is 25.8 Å². The molecule has 0 aromatic carbocycles. The number of hydrogen-bond donors (Lipinski definition) is 0. The van der Waals surface area contributed by atoms with Crippen molar-refractivity contribution in [3.8, 4) is 0 Å². The van der Waals surface area contributed by atoms with Crippen LogP contribution in [0.1, 0.15) is 24.2 Å². The Morgan fingerprint density at radius 2 is 2.33 bits per heavy atom. The third-order valence-electron chi connectivity index (χ3n) is 2.53. The first kappa shape index (κ1) is 7.53. The summed E-state index contributed by atoms with van der Waals surface area (Å²) in [6.07, 6.45) is 3.02. The first-order chi connectivity index (χ1) is 5.68. The fraction of sp³-hybridized carbons (Fsp3) is 0.556. The van der Waals surface area contributed by atoms with Gasteiger partial charge in [0.25, 0.3) is 0 Å². The van der Waals surface area contributed by atoms with E-state index in [4.69, 9.17) is 0 Å². The highest BCUT2D eigenvalue weighted by Crippen LogP contribution is 2.45. The maximum absolute atomic E-state index is 10.8. The lowest BCUT2D eigenvalue weighted by Crippen LogP contribution is -2.13. The molecule has 0 bridgehead atoms. The van der Waals surface area contributed by atoms with Crippen LogP contribution in [0.2, 0.25) is 0 Å². The number of aryl methyl sites for hydroxylation is 2. The van der Waals surface area contributed by atoms with Gasteiger partial charge in [-0.25, -0.2) is 0 Å². The van der Waals surface area contributed by atoms with Crippen LogP contribution in [0.3, 0.4) is 0 Å². The average molecular weight is 164 g/mol. The molecule has 1 aromatic heterocycles. The van der Waals surface area contributed by atoms with Crippen molar-refractivity contribution in [1.82, 2.24) is 9.78 Å². The van der Waals surface area contributed by atoms with Crippen molar-refractivity contribution in [2.24, 2.45) is 7.05 Å². The molecule has 64 valence electrons. The summed E-state index contributed by atoms with van der Waals surface area (Å²) in [5.74, 6) is 0. The van der Waals surface area contributed by atoms with Gasteiger partial charge in [0.15, 0.2) is 0 Å². The van der Waals surface area contributed by atoms with Gasteiger partial charge in [-0.3, -0.25) is 4.68 Å². The molecule has 0 unspecified atom stereocenters. The second-order valence-electron chi connectivity index (χ2n) is 3.57. The van der Waals surface area contributed by atoms with Gasteiger partial charge in [0.2, 0.25) is 0 Å². The van der Waals surface area contributed by atoms with Crippen LogP contribution in [0.5, 0.6) is 0 Å². The molecule has 0 amide bonds. The molecule has 0 N–H and O–H groups in total. The van der Waals surface area contributed by atoms with Gasteiger partial charge in [-0.1, -0.05) is 0 Å². The van der Waals surface area contributed by atoms with Crippen molar-refractivity contribution >= 4 is 6.29 Å². The summed E-state index contributed by atoms with van der Waals surface area (Å²) in [4.78, 5) is 10.8. The number of carbonyl (C=O) groups excluding carboxylic acids is 1. The molecule has 3 heteroatoms. The van der Waals surface area contributed by atoms with Crippen molar-refractivity contribution in [2.45, 2.75) is 25.2 Å². The van der Waals surface area contributed by atoms with E-state index in [9.17, 15) is 4.79 Å². The van der Waals surface area contributed by atoms with E-state index in [0.717, 1.165) is 30.5 Å². The monoisotopic (exact) mass is 164 g/mol. The number of aldehydes is 1. The topological polar surface area (TPSA) is 34.9 Å². The third-order valence-corrected chi connectivity index (χ3v) is 2.53. The zero-order valence-corrected chi connectivity index (χ0v) is 7.37. The van der Waals surface area contributed by atoms with E-state index in [2.05, 4.69) is 5.10 Å². The van der Waals surface area contributed by atoms with E-state index in [0.29, 0.717) is 0 Å². The largest absolute Gasteiger partial charge is 0.302 e. The molecule has 1 aromatic rings. The Bertz CT molecular complexity index is 323. The number of rotatable bonds is 2. The molecular formula is C9H12N2O. The Morgan fingerprint density at radius 3 is 2.67 bits per heavy atom. The van der Waals surface area contributed by atoms with Crippen molar-refractivity contribution < 1.29 is 4.79 Å². The Kier molecular flexibility index (Phi) is 1.37. The van der Waals surface area contributed by atoms with Gasteiger partial charge in [0.05, 0.1) is 16.8 Å². The molecule has 3 nitrogen and oxygen atoms in total. The fourth-order valence-corrected chi connectivity index (χ4v) is 1.65. The maximum Gasteiger partial charge on any atom is 0.132 e. The smallest absolute Gasteiger partial charge is 0.132 e.